The van der Waals surface area contributed by atoms with Crippen molar-refractivity contribution in [3.8, 4) is 0 Å². The Hall–Kier alpha value is -0.390. The zero-order valence-corrected chi connectivity index (χ0v) is 12.8. The first kappa shape index (κ1) is 14.7. The summed E-state index contributed by atoms with van der Waals surface area (Å²) >= 11 is 3.56. The Kier molecular flexibility index (Phi) is 5.16. The van der Waals surface area contributed by atoms with Gasteiger partial charge in [-0.3, -0.25) is 4.68 Å². The van der Waals surface area contributed by atoms with E-state index in [1.165, 1.54) is 5.69 Å². The summed E-state index contributed by atoms with van der Waals surface area (Å²) in [4.78, 5) is 0. The molecule has 0 aliphatic carbocycles. The molecule has 1 rings (SSSR count). The molecule has 0 spiro atoms. The van der Waals surface area contributed by atoms with Gasteiger partial charge in [-0.25, -0.2) is 0 Å². The van der Waals surface area contributed by atoms with Crippen LogP contribution in [0, 0.1) is 0 Å². The van der Waals surface area contributed by atoms with Crippen molar-refractivity contribution in [2.75, 3.05) is 14.2 Å². The van der Waals surface area contributed by atoms with Crippen LogP contribution < -0.4 is 5.32 Å². The molecule has 1 N–H and O–H groups in total. The Labute approximate surface area is 112 Å². The normalized spacial score (nSPS) is 14.0. The number of halogens is 1. The quantitative estimate of drug-likeness (QED) is 0.878. The van der Waals surface area contributed by atoms with E-state index in [0.29, 0.717) is 0 Å². The average Bonchev–Trinajstić information content (AvgIpc) is 2.67. The summed E-state index contributed by atoms with van der Waals surface area (Å²) in [6.45, 7) is 7.15. The van der Waals surface area contributed by atoms with Crippen LogP contribution in [-0.2, 0) is 11.3 Å². The van der Waals surface area contributed by atoms with E-state index in [4.69, 9.17) is 4.74 Å². The molecule has 0 saturated heterocycles. The molecule has 0 aliphatic heterocycles. The summed E-state index contributed by atoms with van der Waals surface area (Å²) in [7, 11) is 3.72. The summed E-state index contributed by atoms with van der Waals surface area (Å²) < 4.78 is 8.55. The molecular weight excluding hydrogens is 282 g/mol. The lowest BCUT2D eigenvalue weighted by atomic mass is 9.96. The Morgan fingerprint density at radius 2 is 2.24 bits per heavy atom. The largest absolute Gasteiger partial charge is 0.379 e. The summed E-state index contributed by atoms with van der Waals surface area (Å²) in [6, 6.07) is 0.224. The molecule has 0 saturated carbocycles. The van der Waals surface area contributed by atoms with Gasteiger partial charge in [0, 0.05) is 13.7 Å². The van der Waals surface area contributed by atoms with Gasteiger partial charge in [0.15, 0.2) is 0 Å². The lowest BCUT2D eigenvalue weighted by Crippen LogP contribution is -2.32. The summed E-state index contributed by atoms with van der Waals surface area (Å²) in [5, 5.41) is 7.69. The highest BCUT2D eigenvalue weighted by Crippen LogP contribution is 2.30. The summed E-state index contributed by atoms with van der Waals surface area (Å²) in [6.07, 6.45) is 2.74. The van der Waals surface area contributed by atoms with Crippen LogP contribution in [-0.4, -0.2) is 29.5 Å². The third-order valence-electron chi connectivity index (χ3n) is 3.06. The highest BCUT2D eigenvalue weighted by atomic mass is 79.9. The first-order valence-corrected chi connectivity index (χ1v) is 6.68. The van der Waals surface area contributed by atoms with Gasteiger partial charge in [0.05, 0.1) is 28.0 Å². The molecule has 4 nitrogen and oxygen atoms in total. The van der Waals surface area contributed by atoms with Crippen LogP contribution in [0.4, 0.5) is 0 Å². The van der Waals surface area contributed by atoms with E-state index < -0.39 is 0 Å². The molecule has 0 amide bonds. The molecule has 98 valence electrons. The molecule has 5 heteroatoms. The van der Waals surface area contributed by atoms with E-state index in [1.54, 1.807) is 7.11 Å². The predicted molar refractivity (Wildman–Crippen MR) is 73.1 cm³/mol. The van der Waals surface area contributed by atoms with Crippen molar-refractivity contribution in [2.24, 2.45) is 0 Å². The Balaban J connectivity index is 2.97. The monoisotopic (exact) mass is 303 g/mol. The third kappa shape index (κ3) is 3.53. The standard InChI is InChI=1S/C12H22BrN3O/c1-6-16-11(9(13)8-15-16)10(14-4)7-12(2,3)17-5/h8,10,14H,6-7H2,1-5H3. The number of nitrogens with zero attached hydrogens (tertiary/aromatic N) is 2. The number of hydrogen-bond donors (Lipinski definition) is 1. The molecule has 1 heterocycles. The maximum atomic E-state index is 5.50. The second-order valence-electron chi connectivity index (χ2n) is 4.70. The zero-order chi connectivity index (χ0) is 13.1. The molecule has 0 bridgehead atoms. The fourth-order valence-corrected chi connectivity index (χ4v) is 2.45. The average molecular weight is 304 g/mol. The first-order valence-electron chi connectivity index (χ1n) is 5.88. The minimum Gasteiger partial charge on any atom is -0.379 e. The summed E-state index contributed by atoms with van der Waals surface area (Å²) in [5.74, 6) is 0. The maximum Gasteiger partial charge on any atom is 0.0696 e. The van der Waals surface area contributed by atoms with Gasteiger partial charge in [0.1, 0.15) is 0 Å². The first-order chi connectivity index (χ1) is 7.95. The van der Waals surface area contributed by atoms with Gasteiger partial charge in [0.2, 0.25) is 0 Å². The number of nitrogens with one attached hydrogen (secondary N) is 1. The second kappa shape index (κ2) is 5.98. The van der Waals surface area contributed by atoms with Gasteiger partial charge >= 0.3 is 0 Å². The number of ether oxygens (including phenoxy) is 1. The van der Waals surface area contributed by atoms with E-state index in [-0.39, 0.29) is 11.6 Å². The highest BCUT2D eigenvalue weighted by molar-refractivity contribution is 9.10. The minimum atomic E-state index is -0.157. The topological polar surface area (TPSA) is 39.1 Å². The van der Waals surface area contributed by atoms with Crippen LogP contribution in [0.1, 0.15) is 38.9 Å². The van der Waals surface area contributed by atoms with Crippen molar-refractivity contribution in [3.63, 3.8) is 0 Å². The lowest BCUT2D eigenvalue weighted by Gasteiger charge is -2.29. The van der Waals surface area contributed by atoms with Gasteiger partial charge in [0.25, 0.3) is 0 Å². The Morgan fingerprint density at radius 3 is 2.71 bits per heavy atom. The molecule has 0 aliphatic rings. The fraction of sp³-hybridized carbons (Fsp3) is 0.750. The molecule has 0 fully saturated rings. The minimum absolute atomic E-state index is 0.157. The lowest BCUT2D eigenvalue weighted by molar-refractivity contribution is 0.00670. The van der Waals surface area contributed by atoms with E-state index in [2.05, 4.69) is 47.1 Å². The van der Waals surface area contributed by atoms with Crippen LogP contribution in [0.15, 0.2) is 10.7 Å². The van der Waals surface area contributed by atoms with Gasteiger partial charge in [-0.2, -0.15) is 5.10 Å². The molecule has 0 aromatic carbocycles. The number of aryl methyl sites for hydroxylation is 1. The van der Waals surface area contributed by atoms with Crippen molar-refractivity contribution in [1.29, 1.82) is 0 Å². The number of methoxy groups -OCH3 is 1. The SMILES string of the molecule is CCn1ncc(Br)c1C(CC(C)(C)OC)NC. The van der Waals surface area contributed by atoms with Crippen molar-refractivity contribution >= 4 is 15.9 Å². The molecule has 1 aromatic heterocycles. The van der Waals surface area contributed by atoms with Crippen LogP contribution >= 0.6 is 15.9 Å². The summed E-state index contributed by atoms with van der Waals surface area (Å²) in [5.41, 5.74) is 1.02. The van der Waals surface area contributed by atoms with E-state index in [0.717, 1.165) is 17.4 Å². The van der Waals surface area contributed by atoms with Gasteiger partial charge in [-0.1, -0.05) is 0 Å². The van der Waals surface area contributed by atoms with Crippen LogP contribution in [0.3, 0.4) is 0 Å². The molecule has 17 heavy (non-hydrogen) atoms. The van der Waals surface area contributed by atoms with Gasteiger partial charge < -0.3 is 10.1 Å². The van der Waals surface area contributed by atoms with Crippen LogP contribution in [0.25, 0.3) is 0 Å². The van der Waals surface area contributed by atoms with Gasteiger partial charge in [-0.05, 0) is 50.2 Å². The molecular formula is C12H22BrN3O. The molecule has 1 aromatic rings. The van der Waals surface area contributed by atoms with Crippen LogP contribution in [0.5, 0.6) is 0 Å². The van der Waals surface area contributed by atoms with Crippen molar-refractivity contribution in [1.82, 2.24) is 15.1 Å². The van der Waals surface area contributed by atoms with Crippen molar-refractivity contribution in [3.05, 3.63) is 16.4 Å². The maximum absolute atomic E-state index is 5.50. The van der Waals surface area contributed by atoms with Gasteiger partial charge in [-0.15, -0.1) is 0 Å². The smallest absolute Gasteiger partial charge is 0.0696 e. The zero-order valence-electron chi connectivity index (χ0n) is 11.2. The van der Waals surface area contributed by atoms with Crippen molar-refractivity contribution < 1.29 is 4.74 Å². The molecule has 1 unspecified atom stereocenters. The van der Waals surface area contributed by atoms with E-state index in [9.17, 15) is 0 Å². The number of rotatable bonds is 6. The number of hydrogen-bond acceptors (Lipinski definition) is 3. The van der Waals surface area contributed by atoms with E-state index >= 15 is 0 Å². The predicted octanol–water partition coefficient (Wildman–Crippen LogP) is 2.74. The van der Waals surface area contributed by atoms with Crippen molar-refractivity contribution in [2.45, 2.75) is 45.4 Å². The third-order valence-corrected chi connectivity index (χ3v) is 3.67. The second-order valence-corrected chi connectivity index (χ2v) is 5.56. The van der Waals surface area contributed by atoms with Crippen LogP contribution in [0.2, 0.25) is 0 Å². The Bertz CT molecular complexity index is 363. The molecule has 0 radical (unpaired) electrons. The van der Waals surface area contributed by atoms with E-state index in [1.807, 2.05) is 17.9 Å². The Morgan fingerprint density at radius 1 is 1.59 bits per heavy atom. The molecule has 1 atom stereocenters. The highest BCUT2D eigenvalue weighted by Gasteiger charge is 2.26. The fourth-order valence-electron chi connectivity index (χ4n) is 1.88. The number of aromatic nitrogens is 2.